The van der Waals surface area contributed by atoms with Crippen LogP contribution < -0.4 is 0 Å². The molecular weight excluding hydrogens is 840 g/mol. The Morgan fingerprint density at radius 3 is 1.68 bits per heavy atom. The molecule has 0 N–H and O–H groups in total. The van der Waals surface area contributed by atoms with E-state index in [1.807, 2.05) is 3.59 Å². The number of ether oxygens (including phenoxy) is 1. The van der Waals surface area contributed by atoms with Crippen molar-refractivity contribution in [1.29, 1.82) is 0 Å². The Bertz CT molecular complexity index is 1150. The van der Waals surface area contributed by atoms with Crippen molar-refractivity contribution in [1.82, 2.24) is 0 Å². The van der Waals surface area contributed by atoms with Gasteiger partial charge in [-0.25, -0.2) is 0 Å². The van der Waals surface area contributed by atoms with Crippen LogP contribution in [-0.2, 0) is 13.6 Å². The maximum absolute atomic E-state index is 8.03. The van der Waals surface area contributed by atoms with Gasteiger partial charge in [0.2, 0.25) is 0 Å². The van der Waals surface area contributed by atoms with Gasteiger partial charge in [-0.1, -0.05) is 0 Å². The van der Waals surface area contributed by atoms with Crippen LogP contribution in [0, 0.1) is 23.7 Å². The van der Waals surface area contributed by atoms with Crippen molar-refractivity contribution in [3.05, 3.63) is 33.6 Å². The maximum atomic E-state index is 8.03. The van der Waals surface area contributed by atoms with E-state index in [4.69, 9.17) is 13.6 Å². The van der Waals surface area contributed by atoms with E-state index in [-0.39, 0.29) is 23.4 Å². The fraction of sp³-hybridized carbons (Fsp3) is 0.878. The number of rotatable bonds is 27. The van der Waals surface area contributed by atoms with Crippen LogP contribution in [0.2, 0.25) is 67.7 Å². The Kier molecular flexibility index (Phi) is 23.6. The van der Waals surface area contributed by atoms with Crippen molar-refractivity contribution in [2.45, 2.75) is 242 Å². The van der Waals surface area contributed by atoms with Gasteiger partial charge in [-0.15, -0.1) is 0 Å². The topological polar surface area (TPSA) is 27.7 Å². The molecule has 0 amide bonds. The predicted molar refractivity (Wildman–Crippen MR) is 263 cm³/mol. The van der Waals surface area contributed by atoms with Crippen LogP contribution in [-0.4, -0.2) is 62.1 Å². The first-order valence-electron chi connectivity index (χ1n) is 23.8. The molecule has 1 saturated heterocycles. The van der Waals surface area contributed by atoms with Crippen LogP contribution in [0.1, 0.15) is 162 Å². The number of unbranched alkanes of at least 4 members (excludes halogenated alkanes) is 3. The predicted octanol–water partition coefficient (Wildman–Crippen LogP) is 16.9. The van der Waals surface area contributed by atoms with Gasteiger partial charge in [0.25, 0.3) is 0 Å². The molecule has 6 atom stereocenters. The van der Waals surface area contributed by atoms with Crippen LogP contribution in [0.4, 0.5) is 0 Å². The van der Waals surface area contributed by atoms with Crippen LogP contribution in [0.25, 0.3) is 0 Å². The molecule has 0 aromatic heterocycles. The molecular formula is C49H100O3Si3Sn. The molecule has 56 heavy (non-hydrogen) atoms. The van der Waals surface area contributed by atoms with Gasteiger partial charge in [-0.2, -0.15) is 0 Å². The Balaban J connectivity index is 4.25. The summed E-state index contributed by atoms with van der Waals surface area (Å²) in [5, 5.41) is 0.128. The first kappa shape index (κ1) is 54.6. The van der Waals surface area contributed by atoms with E-state index in [2.05, 4.69) is 161 Å². The van der Waals surface area contributed by atoms with Crippen molar-refractivity contribution in [2.24, 2.45) is 23.7 Å². The second-order valence-corrected chi connectivity index (χ2v) is 50.9. The van der Waals surface area contributed by atoms with Gasteiger partial charge < -0.3 is 0 Å². The van der Waals surface area contributed by atoms with Crippen LogP contribution >= 0.6 is 0 Å². The molecule has 0 bridgehead atoms. The Morgan fingerprint density at radius 1 is 0.821 bits per heavy atom. The molecule has 1 fully saturated rings. The summed E-state index contributed by atoms with van der Waals surface area (Å²) in [5.74, 6) is 1.30. The second kappa shape index (κ2) is 24.3. The standard InChI is InChI=1S/C37H73O3Si3.3C4H9.Sn/c1-19-32-33(26-38-36(32)40-43(28(4)5,29(6)7)30(8)9)35(31(10)23-20-22-27(2)3)34(24-21-25-41(14,15)16)39-42(17,18)37(11,12)13;3*1-3-4-2;/h19,22,25,28-36H,1,20,23-24,26H2,2-18H3;3*1,3-4H2,2H3;/t31-,32+,33-,34-,35+,36+;;;;/m1..../s1. The number of hydrogen-bond acceptors (Lipinski definition) is 3. The zero-order chi connectivity index (χ0) is 43.3. The number of allylic oxidation sites excluding steroid dienone is 2. The monoisotopic (exact) mass is 941 g/mol. The fourth-order valence-electron chi connectivity index (χ4n) is 10.3. The van der Waals surface area contributed by atoms with Gasteiger partial charge in [-0.3, -0.25) is 0 Å². The van der Waals surface area contributed by atoms with Gasteiger partial charge in [0.1, 0.15) is 0 Å². The normalized spacial score (nSPS) is 20.9. The minimum absolute atomic E-state index is 0.128. The summed E-state index contributed by atoms with van der Waals surface area (Å²) in [7, 11) is -5.89. The molecule has 0 aromatic carbocycles. The molecule has 0 spiro atoms. The molecule has 1 aliphatic heterocycles. The zero-order valence-corrected chi connectivity index (χ0v) is 47.4. The summed E-state index contributed by atoms with van der Waals surface area (Å²) < 4.78 is 29.1. The molecule has 0 aliphatic carbocycles. The Labute approximate surface area is 360 Å². The van der Waals surface area contributed by atoms with Gasteiger partial charge in [0, 0.05) is 0 Å². The fourth-order valence-corrected chi connectivity index (χ4v) is 40.4. The first-order valence-corrected chi connectivity index (χ1v) is 39.9. The molecule has 0 aromatic rings. The minimum atomic E-state index is -2.84. The van der Waals surface area contributed by atoms with Crippen LogP contribution in [0.15, 0.2) is 33.6 Å². The molecule has 1 aliphatic rings. The van der Waals surface area contributed by atoms with Gasteiger partial charge in [0.05, 0.1) is 0 Å². The summed E-state index contributed by atoms with van der Waals surface area (Å²) in [6.45, 7) is 54.2. The van der Waals surface area contributed by atoms with Crippen molar-refractivity contribution in [3.63, 3.8) is 0 Å². The van der Waals surface area contributed by atoms with E-state index in [0.29, 0.717) is 34.4 Å². The SMILES string of the molecule is C=C[C@@H]1[C@H](O[Si](C(C)C)(C(C)C)C(C)C)OC[C@H]1[C@H]([C@H](C)CCC=C(C)C)[C@@H](C/[C](=C/[Si](C)(C)C)[Sn]([CH2]CCC)([CH2]CCC)[CH2]CCC)O[Si](C)(C)C(C)(C)C. The molecule has 330 valence electrons. The third-order valence-electron chi connectivity index (χ3n) is 14.3. The molecule has 0 unspecified atom stereocenters. The summed E-state index contributed by atoms with van der Waals surface area (Å²) in [6.07, 6.45) is 16.2. The Morgan fingerprint density at radius 2 is 1.30 bits per heavy atom. The van der Waals surface area contributed by atoms with E-state index < -0.39 is 43.1 Å². The summed E-state index contributed by atoms with van der Waals surface area (Å²) in [4.78, 5) is 0. The van der Waals surface area contributed by atoms with Crippen molar-refractivity contribution < 1.29 is 13.6 Å². The average molecular weight is 940 g/mol. The van der Waals surface area contributed by atoms with E-state index in [9.17, 15) is 0 Å². The molecule has 0 saturated carbocycles. The third-order valence-corrected chi connectivity index (χ3v) is 43.0. The van der Waals surface area contributed by atoms with E-state index in [1.54, 1.807) is 0 Å². The third kappa shape index (κ3) is 15.5. The summed E-state index contributed by atoms with van der Waals surface area (Å²) >= 11 is -2.84. The van der Waals surface area contributed by atoms with Crippen molar-refractivity contribution >= 4 is 43.1 Å². The molecule has 1 heterocycles. The van der Waals surface area contributed by atoms with E-state index in [0.717, 1.165) is 19.4 Å². The Hall–Kier alpha value is 0.549. The van der Waals surface area contributed by atoms with Crippen molar-refractivity contribution in [3.8, 4) is 0 Å². The van der Waals surface area contributed by atoms with Crippen LogP contribution in [0.3, 0.4) is 0 Å². The van der Waals surface area contributed by atoms with Gasteiger partial charge in [-0.05, 0) is 0 Å². The first-order chi connectivity index (χ1) is 25.8. The van der Waals surface area contributed by atoms with Gasteiger partial charge >= 0.3 is 362 Å². The van der Waals surface area contributed by atoms with E-state index in [1.165, 1.54) is 63.8 Å². The van der Waals surface area contributed by atoms with Gasteiger partial charge in [0.15, 0.2) is 0 Å². The van der Waals surface area contributed by atoms with Crippen molar-refractivity contribution in [2.75, 3.05) is 6.61 Å². The molecule has 1 rings (SSSR count). The summed E-state index contributed by atoms with van der Waals surface area (Å²) in [5.41, 5.74) is 5.91. The summed E-state index contributed by atoms with van der Waals surface area (Å²) in [6, 6.07) is 0. The van der Waals surface area contributed by atoms with Crippen LogP contribution in [0.5, 0.6) is 0 Å². The average Bonchev–Trinajstić information content (AvgIpc) is 3.46. The second-order valence-electron chi connectivity index (χ2n) is 22.3. The molecule has 0 radical (unpaired) electrons. The zero-order valence-electron chi connectivity index (χ0n) is 41.6. The number of hydrogen-bond donors (Lipinski definition) is 0. The van der Waals surface area contributed by atoms with E-state index >= 15 is 0 Å². The quantitative estimate of drug-likeness (QED) is 0.0607. The molecule has 7 heteroatoms. The molecule has 3 nitrogen and oxygen atoms in total.